The molecule has 4 heteroatoms. The molecule has 0 aliphatic heterocycles. The summed E-state index contributed by atoms with van der Waals surface area (Å²) in [5.74, 6) is 2.16. The number of rotatable bonds is 3. The van der Waals surface area contributed by atoms with Crippen molar-refractivity contribution >= 4 is 12.3 Å². The molecule has 4 rings (SSSR count). The van der Waals surface area contributed by atoms with Crippen LogP contribution in [0.2, 0.25) is 0 Å². The average molecular weight is 389 g/mol. The third-order valence-electron chi connectivity index (χ3n) is 9.66. The Hall–Kier alpha value is -1.16. The fourth-order valence-electron chi connectivity index (χ4n) is 8.21. The highest BCUT2D eigenvalue weighted by Crippen LogP contribution is 2.68. The number of carbonyl (C=O) groups is 2. The number of ether oxygens (including phenoxy) is 1. The highest BCUT2D eigenvalue weighted by molar-refractivity contribution is 5.73. The van der Waals surface area contributed by atoms with Gasteiger partial charge in [0.1, 0.15) is 12.4 Å². The lowest BCUT2D eigenvalue weighted by Gasteiger charge is -2.62. The molecule has 0 bridgehead atoms. The molecule has 0 aromatic rings. The van der Waals surface area contributed by atoms with Gasteiger partial charge < -0.3 is 9.84 Å². The average Bonchev–Trinajstić information content (AvgIpc) is 3.01. The van der Waals surface area contributed by atoms with Crippen LogP contribution in [0.1, 0.15) is 72.1 Å². The Morgan fingerprint density at radius 1 is 1.11 bits per heavy atom. The van der Waals surface area contributed by atoms with E-state index in [1.165, 1.54) is 19.8 Å². The number of aldehydes is 1. The van der Waals surface area contributed by atoms with Crippen molar-refractivity contribution in [2.24, 2.45) is 40.4 Å². The zero-order valence-electron chi connectivity index (χ0n) is 17.7. The molecule has 9 atom stereocenters. The van der Waals surface area contributed by atoms with Crippen LogP contribution in [0.15, 0.2) is 12.2 Å². The van der Waals surface area contributed by atoms with Crippen LogP contribution in [0.5, 0.6) is 0 Å². The molecule has 0 saturated heterocycles. The fraction of sp³-hybridized carbons (Fsp3) is 0.833. The molecule has 156 valence electrons. The molecule has 4 saturated carbocycles. The summed E-state index contributed by atoms with van der Waals surface area (Å²) < 4.78 is 5.55. The summed E-state index contributed by atoms with van der Waals surface area (Å²) in [7, 11) is 0. The van der Waals surface area contributed by atoms with Crippen LogP contribution in [0, 0.1) is 40.4 Å². The first-order chi connectivity index (χ1) is 13.2. The lowest BCUT2D eigenvalue weighted by atomic mass is 9.44. The standard InChI is InChI=1S/C24H36O4/c1-14(13-25)19-7-8-20-18-6-5-16-11-17(28-15(2)26)9-10-23(16,3)21(18)12-22(27)24(19,20)4/h13,16-22,27H,1,5-12H2,2-4H3/t16-,17+,18+,19-,20+,21+,22-,23+,24-/m1/s1. The van der Waals surface area contributed by atoms with E-state index in [1.807, 2.05) is 0 Å². The third kappa shape index (κ3) is 2.81. The molecular weight excluding hydrogens is 352 g/mol. The van der Waals surface area contributed by atoms with Crippen LogP contribution >= 0.6 is 0 Å². The summed E-state index contributed by atoms with van der Waals surface area (Å²) >= 11 is 0. The second kappa shape index (κ2) is 6.97. The number of allylic oxidation sites excluding steroid dienone is 1. The van der Waals surface area contributed by atoms with Crippen LogP contribution in [0.3, 0.4) is 0 Å². The van der Waals surface area contributed by atoms with Gasteiger partial charge >= 0.3 is 5.97 Å². The smallest absolute Gasteiger partial charge is 0.302 e. The normalized spacial score (nSPS) is 50.1. The van der Waals surface area contributed by atoms with E-state index in [0.29, 0.717) is 29.2 Å². The number of fused-ring (bicyclic) bond motifs is 5. The van der Waals surface area contributed by atoms with Crippen LogP contribution < -0.4 is 0 Å². The Bertz CT molecular complexity index is 672. The Morgan fingerprint density at radius 3 is 2.54 bits per heavy atom. The summed E-state index contributed by atoms with van der Waals surface area (Å²) in [6, 6.07) is 0. The van der Waals surface area contributed by atoms with Crippen LogP contribution in [-0.2, 0) is 14.3 Å². The Kier molecular flexibility index (Phi) is 5.01. The van der Waals surface area contributed by atoms with Crippen LogP contribution in [0.4, 0.5) is 0 Å². The lowest BCUT2D eigenvalue weighted by Crippen LogP contribution is -2.58. The van der Waals surface area contributed by atoms with Crippen molar-refractivity contribution in [1.82, 2.24) is 0 Å². The molecule has 0 heterocycles. The van der Waals surface area contributed by atoms with Gasteiger partial charge in [0.05, 0.1) is 6.10 Å². The van der Waals surface area contributed by atoms with Gasteiger partial charge in [0, 0.05) is 12.3 Å². The highest BCUT2D eigenvalue weighted by Gasteiger charge is 2.63. The Balaban J connectivity index is 1.58. The van der Waals surface area contributed by atoms with E-state index in [4.69, 9.17) is 4.74 Å². The quantitative estimate of drug-likeness (QED) is 0.445. The van der Waals surface area contributed by atoms with E-state index in [0.717, 1.165) is 44.8 Å². The lowest BCUT2D eigenvalue weighted by molar-refractivity contribution is -0.176. The van der Waals surface area contributed by atoms with Crippen molar-refractivity contribution in [1.29, 1.82) is 0 Å². The van der Waals surface area contributed by atoms with Gasteiger partial charge in [-0.3, -0.25) is 9.59 Å². The predicted molar refractivity (Wildman–Crippen MR) is 107 cm³/mol. The molecule has 0 aromatic carbocycles. The van der Waals surface area contributed by atoms with Crippen molar-refractivity contribution in [3.8, 4) is 0 Å². The summed E-state index contributed by atoms with van der Waals surface area (Å²) in [5, 5.41) is 11.3. The Morgan fingerprint density at radius 2 is 1.86 bits per heavy atom. The monoisotopic (exact) mass is 388 g/mol. The second-order valence-corrected chi connectivity index (χ2v) is 10.6. The van der Waals surface area contributed by atoms with E-state index in [2.05, 4.69) is 20.4 Å². The van der Waals surface area contributed by atoms with E-state index >= 15 is 0 Å². The first-order valence-electron chi connectivity index (χ1n) is 11.2. The molecule has 1 N–H and O–H groups in total. The summed E-state index contributed by atoms with van der Waals surface area (Å²) in [4.78, 5) is 22.8. The fourth-order valence-corrected chi connectivity index (χ4v) is 8.21. The molecule has 4 aliphatic carbocycles. The zero-order valence-corrected chi connectivity index (χ0v) is 17.7. The number of carbonyl (C=O) groups excluding carboxylic acids is 2. The largest absolute Gasteiger partial charge is 0.463 e. The third-order valence-corrected chi connectivity index (χ3v) is 9.66. The van der Waals surface area contributed by atoms with Gasteiger partial charge in [0.25, 0.3) is 0 Å². The first-order valence-corrected chi connectivity index (χ1v) is 11.2. The van der Waals surface area contributed by atoms with Gasteiger partial charge in [-0.1, -0.05) is 20.4 Å². The molecular formula is C24H36O4. The zero-order chi connectivity index (χ0) is 20.3. The van der Waals surface area contributed by atoms with Crippen molar-refractivity contribution in [3.05, 3.63) is 12.2 Å². The summed E-state index contributed by atoms with van der Waals surface area (Å²) in [5.41, 5.74) is 0.683. The van der Waals surface area contributed by atoms with Gasteiger partial charge in [-0.05, 0) is 91.9 Å². The van der Waals surface area contributed by atoms with Gasteiger partial charge in [-0.15, -0.1) is 0 Å². The summed E-state index contributed by atoms with van der Waals surface area (Å²) in [6.07, 6.45) is 8.91. The molecule has 0 amide bonds. The number of hydrogen-bond donors (Lipinski definition) is 1. The number of esters is 1. The number of aliphatic hydroxyl groups excluding tert-OH is 1. The molecule has 4 aliphatic rings. The van der Waals surface area contributed by atoms with Gasteiger partial charge in [0.15, 0.2) is 0 Å². The molecule has 0 radical (unpaired) electrons. The number of aliphatic hydroxyl groups is 1. The topological polar surface area (TPSA) is 63.6 Å². The minimum Gasteiger partial charge on any atom is -0.463 e. The van der Waals surface area contributed by atoms with E-state index in [1.54, 1.807) is 0 Å². The second-order valence-electron chi connectivity index (χ2n) is 10.6. The van der Waals surface area contributed by atoms with Crippen molar-refractivity contribution < 1.29 is 19.4 Å². The molecule has 0 unspecified atom stereocenters. The molecule has 0 spiro atoms. The van der Waals surface area contributed by atoms with Gasteiger partial charge in [-0.25, -0.2) is 0 Å². The molecule has 4 nitrogen and oxygen atoms in total. The maximum atomic E-state index is 11.4. The van der Waals surface area contributed by atoms with E-state index in [-0.39, 0.29) is 34.9 Å². The molecule has 28 heavy (non-hydrogen) atoms. The van der Waals surface area contributed by atoms with E-state index in [9.17, 15) is 14.7 Å². The maximum Gasteiger partial charge on any atom is 0.302 e. The van der Waals surface area contributed by atoms with Crippen LogP contribution in [0.25, 0.3) is 0 Å². The minimum absolute atomic E-state index is 0.0673. The van der Waals surface area contributed by atoms with Gasteiger partial charge in [-0.2, -0.15) is 0 Å². The maximum absolute atomic E-state index is 11.4. The first kappa shape index (κ1) is 20.1. The SMILES string of the molecule is C=C(C=O)[C@H]1CC[C@H]2[C@@H]3CC[C@@H]4C[C@@H](OC(C)=O)CC[C@]4(C)[C@H]3C[C@@H](O)[C@]12C. The Labute approximate surface area is 169 Å². The molecule has 4 fully saturated rings. The molecule has 0 aromatic heterocycles. The predicted octanol–water partition coefficient (Wildman–Crippen LogP) is 4.30. The van der Waals surface area contributed by atoms with Gasteiger partial charge in [0.2, 0.25) is 0 Å². The minimum atomic E-state index is -0.371. The summed E-state index contributed by atoms with van der Waals surface area (Å²) in [6.45, 7) is 10.2. The van der Waals surface area contributed by atoms with Crippen molar-refractivity contribution in [3.63, 3.8) is 0 Å². The van der Waals surface area contributed by atoms with E-state index < -0.39 is 0 Å². The number of hydrogen-bond acceptors (Lipinski definition) is 4. The van der Waals surface area contributed by atoms with Crippen LogP contribution in [-0.4, -0.2) is 29.6 Å². The highest BCUT2D eigenvalue weighted by atomic mass is 16.5. The van der Waals surface area contributed by atoms with Crippen molar-refractivity contribution in [2.45, 2.75) is 84.3 Å². The van der Waals surface area contributed by atoms with Crippen molar-refractivity contribution in [2.75, 3.05) is 0 Å².